The maximum Gasteiger partial charge on any atom is 0.0963 e. The minimum atomic E-state index is 0.591. The Labute approximate surface area is 112 Å². The molecule has 3 heteroatoms. The monoisotopic (exact) mass is 258 g/mol. The zero-order valence-electron chi connectivity index (χ0n) is 10.4. The Morgan fingerprint density at radius 1 is 1.28 bits per heavy atom. The summed E-state index contributed by atoms with van der Waals surface area (Å²) >= 11 is 1.81. The van der Waals surface area contributed by atoms with Crippen LogP contribution in [0.3, 0.4) is 0 Å². The number of hydrogen-bond acceptors (Lipinski definition) is 3. The molecule has 18 heavy (non-hydrogen) atoms. The maximum absolute atomic E-state index is 5.68. The molecule has 2 N–H and O–H groups in total. The van der Waals surface area contributed by atoms with Crippen molar-refractivity contribution >= 4 is 11.3 Å². The summed E-state index contributed by atoms with van der Waals surface area (Å²) in [5.41, 5.74) is 9.15. The molecule has 1 heterocycles. The summed E-state index contributed by atoms with van der Waals surface area (Å²) in [7, 11) is 0. The minimum absolute atomic E-state index is 0.591. The van der Waals surface area contributed by atoms with Crippen LogP contribution in [0.15, 0.2) is 29.6 Å². The lowest BCUT2D eigenvalue weighted by atomic mass is 10.1. The van der Waals surface area contributed by atoms with Gasteiger partial charge >= 0.3 is 0 Å². The van der Waals surface area contributed by atoms with Gasteiger partial charge in [-0.1, -0.05) is 31.0 Å². The molecule has 3 rings (SSSR count). The summed E-state index contributed by atoms with van der Waals surface area (Å²) in [5.74, 6) is 0.710. The fourth-order valence-corrected chi connectivity index (χ4v) is 3.64. The number of nitrogens with two attached hydrogens (primary N) is 1. The molecule has 0 unspecified atom stereocenters. The first kappa shape index (κ1) is 11.9. The van der Waals surface area contributed by atoms with Crippen LogP contribution in [-0.4, -0.2) is 4.98 Å². The molecule has 1 aliphatic carbocycles. The predicted molar refractivity (Wildman–Crippen MR) is 76.7 cm³/mol. The first-order chi connectivity index (χ1) is 8.86. The molecule has 0 radical (unpaired) electrons. The van der Waals surface area contributed by atoms with Gasteiger partial charge in [0.05, 0.1) is 10.7 Å². The molecule has 0 saturated heterocycles. The van der Waals surface area contributed by atoms with E-state index in [4.69, 9.17) is 10.7 Å². The molecule has 1 saturated carbocycles. The molecular weight excluding hydrogens is 240 g/mol. The van der Waals surface area contributed by atoms with Crippen molar-refractivity contribution in [1.29, 1.82) is 0 Å². The third-order valence-corrected chi connectivity index (χ3v) is 4.69. The van der Waals surface area contributed by atoms with Gasteiger partial charge in [0.15, 0.2) is 0 Å². The van der Waals surface area contributed by atoms with E-state index < -0.39 is 0 Å². The predicted octanol–water partition coefficient (Wildman–Crippen LogP) is 3.93. The number of nitrogens with zero attached hydrogens (tertiary/aromatic N) is 1. The van der Waals surface area contributed by atoms with E-state index in [2.05, 4.69) is 29.6 Å². The largest absolute Gasteiger partial charge is 0.326 e. The average molecular weight is 258 g/mol. The fraction of sp³-hybridized carbons (Fsp3) is 0.400. The van der Waals surface area contributed by atoms with Gasteiger partial charge in [-0.25, -0.2) is 4.98 Å². The Hall–Kier alpha value is -1.19. The fourth-order valence-electron chi connectivity index (χ4n) is 2.64. The highest BCUT2D eigenvalue weighted by atomic mass is 32.1. The van der Waals surface area contributed by atoms with Gasteiger partial charge < -0.3 is 5.73 Å². The van der Waals surface area contributed by atoms with Crippen molar-refractivity contribution in [1.82, 2.24) is 4.98 Å². The third kappa shape index (κ3) is 2.33. The molecule has 1 aromatic heterocycles. The smallest absolute Gasteiger partial charge is 0.0963 e. The van der Waals surface area contributed by atoms with Crippen molar-refractivity contribution in [2.24, 2.45) is 5.73 Å². The molecule has 0 bridgehead atoms. The van der Waals surface area contributed by atoms with Crippen LogP contribution in [0.1, 0.15) is 42.2 Å². The van der Waals surface area contributed by atoms with Gasteiger partial charge in [-0.15, -0.1) is 11.3 Å². The summed E-state index contributed by atoms with van der Waals surface area (Å²) in [5, 5.41) is 3.50. The first-order valence-electron chi connectivity index (χ1n) is 6.61. The van der Waals surface area contributed by atoms with Crippen LogP contribution in [0.4, 0.5) is 0 Å². The molecule has 1 fully saturated rings. The summed E-state index contributed by atoms with van der Waals surface area (Å²) < 4.78 is 0. The van der Waals surface area contributed by atoms with Crippen LogP contribution in [0.2, 0.25) is 0 Å². The molecule has 2 nitrogen and oxygen atoms in total. The van der Waals surface area contributed by atoms with E-state index in [1.165, 1.54) is 41.8 Å². The second kappa shape index (κ2) is 5.21. The van der Waals surface area contributed by atoms with Gasteiger partial charge in [0, 0.05) is 23.4 Å². The van der Waals surface area contributed by atoms with Crippen LogP contribution < -0.4 is 5.73 Å². The normalized spacial score (nSPS) is 16.3. The van der Waals surface area contributed by atoms with Crippen LogP contribution in [-0.2, 0) is 6.54 Å². The second-order valence-electron chi connectivity index (χ2n) is 4.96. The van der Waals surface area contributed by atoms with Crippen LogP contribution in [0, 0.1) is 0 Å². The lowest BCUT2D eigenvalue weighted by Gasteiger charge is -2.03. The van der Waals surface area contributed by atoms with Crippen molar-refractivity contribution in [2.45, 2.75) is 38.1 Å². The average Bonchev–Trinajstić information content (AvgIpc) is 3.09. The van der Waals surface area contributed by atoms with Gasteiger partial charge in [0.25, 0.3) is 0 Å². The number of hydrogen-bond donors (Lipinski definition) is 1. The molecule has 1 aliphatic rings. The maximum atomic E-state index is 5.68. The molecule has 2 aromatic rings. The van der Waals surface area contributed by atoms with Gasteiger partial charge in [0.2, 0.25) is 0 Å². The molecule has 0 atom stereocenters. The van der Waals surface area contributed by atoms with E-state index >= 15 is 0 Å². The highest BCUT2D eigenvalue weighted by Crippen LogP contribution is 2.37. The van der Waals surface area contributed by atoms with Crippen molar-refractivity contribution in [3.63, 3.8) is 0 Å². The van der Waals surface area contributed by atoms with Gasteiger partial charge in [-0.2, -0.15) is 0 Å². The van der Waals surface area contributed by atoms with E-state index in [-0.39, 0.29) is 0 Å². The standard InChI is InChI=1S/C15H18N2S/c16-9-11-4-3-7-13(8-11)14-10-18-15(17-14)12-5-1-2-6-12/h3-4,7-8,10,12H,1-2,5-6,9,16H2. The van der Waals surface area contributed by atoms with E-state index in [1.807, 2.05) is 11.3 Å². The van der Waals surface area contributed by atoms with Crippen LogP contribution >= 0.6 is 11.3 Å². The highest BCUT2D eigenvalue weighted by Gasteiger charge is 2.20. The summed E-state index contributed by atoms with van der Waals surface area (Å²) in [6.45, 7) is 0.591. The summed E-state index contributed by atoms with van der Waals surface area (Å²) in [6, 6.07) is 8.39. The van der Waals surface area contributed by atoms with Gasteiger partial charge in [-0.05, 0) is 24.5 Å². The third-order valence-electron chi connectivity index (χ3n) is 3.68. The number of aromatic nitrogens is 1. The van der Waals surface area contributed by atoms with Crippen LogP contribution in [0.25, 0.3) is 11.3 Å². The lowest BCUT2D eigenvalue weighted by Crippen LogP contribution is -1.96. The topological polar surface area (TPSA) is 38.9 Å². The van der Waals surface area contributed by atoms with Crippen molar-refractivity contribution in [3.8, 4) is 11.3 Å². The molecule has 94 valence electrons. The Morgan fingerprint density at radius 3 is 2.89 bits per heavy atom. The van der Waals surface area contributed by atoms with E-state index in [9.17, 15) is 0 Å². The molecule has 0 aliphatic heterocycles. The lowest BCUT2D eigenvalue weighted by molar-refractivity contribution is 0.717. The van der Waals surface area contributed by atoms with Gasteiger partial charge in [0.1, 0.15) is 0 Å². The number of benzene rings is 1. The number of thiazole rings is 1. The Bertz CT molecular complexity index is 527. The van der Waals surface area contributed by atoms with E-state index in [0.717, 1.165) is 5.69 Å². The van der Waals surface area contributed by atoms with Crippen molar-refractivity contribution in [2.75, 3.05) is 0 Å². The quantitative estimate of drug-likeness (QED) is 0.906. The Kier molecular flexibility index (Phi) is 3.43. The first-order valence-corrected chi connectivity index (χ1v) is 7.49. The molecule has 0 amide bonds. The van der Waals surface area contributed by atoms with E-state index in [0.29, 0.717) is 12.5 Å². The van der Waals surface area contributed by atoms with E-state index in [1.54, 1.807) is 0 Å². The highest BCUT2D eigenvalue weighted by molar-refractivity contribution is 7.10. The SMILES string of the molecule is NCc1cccc(-c2csc(C3CCCC3)n2)c1. The van der Waals surface area contributed by atoms with Crippen LogP contribution in [0.5, 0.6) is 0 Å². The summed E-state index contributed by atoms with van der Waals surface area (Å²) in [6.07, 6.45) is 5.36. The minimum Gasteiger partial charge on any atom is -0.326 e. The zero-order chi connectivity index (χ0) is 12.4. The second-order valence-corrected chi connectivity index (χ2v) is 5.85. The Morgan fingerprint density at radius 2 is 2.11 bits per heavy atom. The Balaban J connectivity index is 1.87. The number of rotatable bonds is 3. The molecular formula is C15H18N2S. The molecule has 0 spiro atoms. The van der Waals surface area contributed by atoms with Crippen molar-refractivity contribution in [3.05, 3.63) is 40.2 Å². The van der Waals surface area contributed by atoms with Crippen molar-refractivity contribution < 1.29 is 0 Å². The summed E-state index contributed by atoms with van der Waals surface area (Å²) in [4.78, 5) is 4.82. The molecule has 1 aromatic carbocycles. The van der Waals surface area contributed by atoms with Gasteiger partial charge in [-0.3, -0.25) is 0 Å². The zero-order valence-corrected chi connectivity index (χ0v) is 11.2.